The zero-order valence-corrected chi connectivity index (χ0v) is 14.1. The third-order valence-corrected chi connectivity index (χ3v) is 4.44. The summed E-state index contributed by atoms with van der Waals surface area (Å²) in [5.41, 5.74) is 3.38. The molecule has 2 aromatic carbocycles. The molecule has 1 aliphatic heterocycles. The second-order valence-electron chi connectivity index (χ2n) is 6.80. The van der Waals surface area contributed by atoms with Crippen molar-refractivity contribution >= 4 is 17.3 Å². The SMILES string of the molecule is CC1(Cc2ccccc2)CC(Cc2ccccc2)=Nc2nonc2N1. The lowest BCUT2D eigenvalue weighted by Gasteiger charge is -2.30. The molecule has 0 saturated carbocycles. The summed E-state index contributed by atoms with van der Waals surface area (Å²) in [5, 5.41) is 11.4. The van der Waals surface area contributed by atoms with Gasteiger partial charge in [0.05, 0.1) is 0 Å². The fourth-order valence-corrected chi connectivity index (χ4v) is 3.39. The molecule has 126 valence electrons. The highest BCUT2D eigenvalue weighted by Gasteiger charge is 2.32. The number of benzene rings is 2. The number of aliphatic imine (C=N–C) groups is 1. The molecule has 0 bridgehead atoms. The fraction of sp³-hybridized carbons (Fsp3) is 0.250. The Morgan fingerprint density at radius 2 is 1.64 bits per heavy atom. The normalized spacial score (nSPS) is 19.5. The summed E-state index contributed by atoms with van der Waals surface area (Å²) in [7, 11) is 0. The zero-order valence-electron chi connectivity index (χ0n) is 14.1. The van der Waals surface area contributed by atoms with Gasteiger partial charge in [0, 0.05) is 24.1 Å². The van der Waals surface area contributed by atoms with Gasteiger partial charge in [-0.05, 0) is 34.8 Å². The van der Waals surface area contributed by atoms with E-state index in [1.165, 1.54) is 11.1 Å². The van der Waals surface area contributed by atoms with Gasteiger partial charge in [0.15, 0.2) is 0 Å². The first-order valence-corrected chi connectivity index (χ1v) is 8.45. The van der Waals surface area contributed by atoms with Gasteiger partial charge in [-0.25, -0.2) is 9.62 Å². The van der Waals surface area contributed by atoms with E-state index in [9.17, 15) is 0 Å². The van der Waals surface area contributed by atoms with Crippen molar-refractivity contribution in [3.05, 3.63) is 71.8 Å². The quantitative estimate of drug-likeness (QED) is 0.777. The third kappa shape index (κ3) is 3.60. The lowest BCUT2D eigenvalue weighted by Crippen LogP contribution is -2.39. The lowest BCUT2D eigenvalue weighted by atomic mass is 9.86. The molecular formula is C20H20N4O. The molecule has 0 fully saturated rings. The average molecular weight is 332 g/mol. The van der Waals surface area contributed by atoms with Gasteiger partial charge in [-0.2, -0.15) is 0 Å². The maximum absolute atomic E-state index is 4.90. The molecule has 5 nitrogen and oxygen atoms in total. The molecule has 1 aliphatic rings. The van der Waals surface area contributed by atoms with Crippen LogP contribution < -0.4 is 5.32 Å². The van der Waals surface area contributed by atoms with Gasteiger partial charge in [0.2, 0.25) is 11.6 Å². The molecule has 0 aliphatic carbocycles. The highest BCUT2D eigenvalue weighted by Crippen LogP contribution is 2.32. The molecular weight excluding hydrogens is 312 g/mol. The number of nitrogens with zero attached hydrogens (tertiary/aromatic N) is 3. The summed E-state index contributed by atoms with van der Waals surface area (Å²) in [6, 6.07) is 20.8. The van der Waals surface area contributed by atoms with E-state index >= 15 is 0 Å². The first-order chi connectivity index (χ1) is 12.2. The second-order valence-corrected chi connectivity index (χ2v) is 6.80. The van der Waals surface area contributed by atoms with E-state index in [0.717, 1.165) is 25.0 Å². The Morgan fingerprint density at radius 3 is 2.36 bits per heavy atom. The van der Waals surface area contributed by atoms with Crippen LogP contribution in [-0.2, 0) is 12.8 Å². The molecule has 1 N–H and O–H groups in total. The van der Waals surface area contributed by atoms with Crippen LogP contribution >= 0.6 is 0 Å². The largest absolute Gasteiger partial charge is 0.358 e. The Kier molecular flexibility index (Phi) is 4.06. The predicted octanol–water partition coefficient (Wildman–Crippen LogP) is 4.20. The predicted molar refractivity (Wildman–Crippen MR) is 98.3 cm³/mol. The van der Waals surface area contributed by atoms with Crippen LogP contribution in [0.15, 0.2) is 70.3 Å². The minimum Gasteiger partial charge on any atom is -0.358 e. The monoisotopic (exact) mass is 332 g/mol. The van der Waals surface area contributed by atoms with Crippen LogP contribution in [0, 0.1) is 0 Å². The highest BCUT2D eigenvalue weighted by molar-refractivity contribution is 5.91. The third-order valence-electron chi connectivity index (χ3n) is 4.44. The Morgan fingerprint density at radius 1 is 0.960 bits per heavy atom. The van der Waals surface area contributed by atoms with E-state index in [2.05, 4.69) is 71.1 Å². The summed E-state index contributed by atoms with van der Waals surface area (Å²) in [5.74, 6) is 1.14. The maximum Gasteiger partial charge on any atom is 0.240 e. The molecule has 5 heteroatoms. The van der Waals surface area contributed by atoms with Crippen LogP contribution in [0.4, 0.5) is 11.6 Å². The Balaban J connectivity index is 1.65. The number of aromatic nitrogens is 2. The molecule has 0 amide bonds. The molecule has 1 unspecified atom stereocenters. The van der Waals surface area contributed by atoms with Gasteiger partial charge in [0.1, 0.15) is 0 Å². The first kappa shape index (κ1) is 15.6. The van der Waals surface area contributed by atoms with Crippen LogP contribution in [0.1, 0.15) is 24.5 Å². The molecule has 0 radical (unpaired) electrons. The van der Waals surface area contributed by atoms with Crippen LogP contribution in [-0.4, -0.2) is 21.6 Å². The van der Waals surface area contributed by atoms with Gasteiger partial charge in [-0.15, -0.1) is 0 Å². The lowest BCUT2D eigenvalue weighted by molar-refractivity contribution is 0.308. The van der Waals surface area contributed by atoms with Crippen LogP contribution in [0.2, 0.25) is 0 Å². The van der Waals surface area contributed by atoms with Crippen LogP contribution in [0.25, 0.3) is 0 Å². The van der Waals surface area contributed by atoms with E-state index < -0.39 is 0 Å². The van der Waals surface area contributed by atoms with Gasteiger partial charge in [-0.1, -0.05) is 60.7 Å². The minimum atomic E-state index is -0.210. The molecule has 0 saturated heterocycles. The van der Waals surface area contributed by atoms with Crippen molar-refractivity contribution < 1.29 is 4.63 Å². The molecule has 1 atom stereocenters. The van der Waals surface area contributed by atoms with E-state index in [1.54, 1.807) is 0 Å². The van der Waals surface area contributed by atoms with Crippen LogP contribution in [0.5, 0.6) is 0 Å². The van der Waals surface area contributed by atoms with E-state index in [4.69, 9.17) is 9.62 Å². The van der Waals surface area contributed by atoms with Crippen molar-refractivity contribution in [1.29, 1.82) is 0 Å². The van der Waals surface area contributed by atoms with Crippen LogP contribution in [0.3, 0.4) is 0 Å². The topological polar surface area (TPSA) is 63.3 Å². The van der Waals surface area contributed by atoms with E-state index in [0.29, 0.717) is 11.6 Å². The smallest absolute Gasteiger partial charge is 0.240 e. The summed E-state index contributed by atoms with van der Waals surface area (Å²) >= 11 is 0. The summed E-state index contributed by atoms with van der Waals surface area (Å²) in [6.45, 7) is 2.20. The molecule has 1 aromatic heterocycles. The van der Waals surface area contributed by atoms with Crippen molar-refractivity contribution in [1.82, 2.24) is 10.3 Å². The molecule has 3 aromatic rings. The molecule has 0 spiro atoms. The van der Waals surface area contributed by atoms with E-state index in [-0.39, 0.29) is 5.54 Å². The van der Waals surface area contributed by atoms with Crippen molar-refractivity contribution in [2.75, 3.05) is 5.32 Å². The Hall–Kier alpha value is -2.95. The second kappa shape index (κ2) is 6.51. The highest BCUT2D eigenvalue weighted by atomic mass is 16.6. The number of rotatable bonds is 4. The average Bonchev–Trinajstić information content (AvgIpc) is 2.97. The number of nitrogens with one attached hydrogen (secondary N) is 1. The fourth-order valence-electron chi connectivity index (χ4n) is 3.39. The summed E-state index contributed by atoms with van der Waals surface area (Å²) < 4.78 is 4.90. The minimum absolute atomic E-state index is 0.210. The standard InChI is InChI=1S/C20H20N4O/c1-20(13-16-10-6-3-7-11-16)14-17(12-15-8-4-2-5-9-15)21-18-19(22-20)24-25-23-18/h2-11H,12-14H2,1H3,(H,22,24). The Bertz CT molecular complexity index is 873. The van der Waals surface area contributed by atoms with Gasteiger partial charge in [-0.3, -0.25) is 0 Å². The van der Waals surface area contributed by atoms with Gasteiger partial charge in [0.25, 0.3) is 0 Å². The number of hydrogen-bond donors (Lipinski definition) is 1. The van der Waals surface area contributed by atoms with Crippen molar-refractivity contribution in [3.63, 3.8) is 0 Å². The van der Waals surface area contributed by atoms with Gasteiger partial charge >= 0.3 is 0 Å². The maximum atomic E-state index is 4.90. The molecule has 2 heterocycles. The number of hydrogen-bond acceptors (Lipinski definition) is 5. The zero-order chi connectivity index (χ0) is 17.1. The Labute approximate surface area is 146 Å². The van der Waals surface area contributed by atoms with E-state index in [1.807, 2.05) is 12.1 Å². The van der Waals surface area contributed by atoms with Crippen molar-refractivity contribution in [2.45, 2.75) is 31.7 Å². The number of anilines is 1. The number of fused-ring (bicyclic) bond motifs is 1. The first-order valence-electron chi connectivity index (χ1n) is 8.45. The van der Waals surface area contributed by atoms with Crippen molar-refractivity contribution in [2.24, 2.45) is 4.99 Å². The summed E-state index contributed by atoms with van der Waals surface area (Å²) in [6.07, 6.45) is 2.47. The van der Waals surface area contributed by atoms with Crippen molar-refractivity contribution in [3.8, 4) is 0 Å². The molecule has 25 heavy (non-hydrogen) atoms. The van der Waals surface area contributed by atoms with Gasteiger partial charge < -0.3 is 5.32 Å². The molecule has 4 rings (SSSR count). The summed E-state index contributed by atoms with van der Waals surface area (Å²) in [4.78, 5) is 4.72.